The Labute approximate surface area is 93.1 Å². The number of hydrogen-bond donors (Lipinski definition) is 2. The van der Waals surface area contributed by atoms with E-state index in [4.69, 9.17) is 11.6 Å². The Morgan fingerprint density at radius 3 is 2.80 bits per heavy atom. The van der Waals surface area contributed by atoms with E-state index in [1.807, 2.05) is 25.1 Å². The summed E-state index contributed by atoms with van der Waals surface area (Å²) >= 11 is 5.87. The maximum atomic E-state index is 9.47. The number of nitrogens with one attached hydrogen (secondary N) is 1. The zero-order valence-corrected chi connectivity index (χ0v) is 9.42. The molecule has 0 spiro atoms. The van der Waals surface area contributed by atoms with Crippen LogP contribution in [0.3, 0.4) is 0 Å². The van der Waals surface area contributed by atoms with Crippen molar-refractivity contribution in [2.75, 3.05) is 0 Å². The molecule has 0 fully saturated rings. The minimum atomic E-state index is -0.416. The van der Waals surface area contributed by atoms with E-state index in [-0.39, 0.29) is 5.92 Å². The SMILES string of the molecule is C[C@H](c1nc2ccc(Cl)cc2[nH]1)[C@@H](C)O. The lowest BCUT2D eigenvalue weighted by atomic mass is 10.1. The van der Waals surface area contributed by atoms with Gasteiger partial charge in [0, 0.05) is 10.9 Å². The molecule has 2 rings (SSSR count). The van der Waals surface area contributed by atoms with Gasteiger partial charge in [0.15, 0.2) is 0 Å². The van der Waals surface area contributed by atoms with Crippen LogP contribution in [0.5, 0.6) is 0 Å². The van der Waals surface area contributed by atoms with Gasteiger partial charge in [-0.2, -0.15) is 0 Å². The van der Waals surface area contributed by atoms with Crippen LogP contribution in [-0.4, -0.2) is 21.2 Å². The fourth-order valence-electron chi connectivity index (χ4n) is 1.45. The number of aromatic nitrogens is 2. The van der Waals surface area contributed by atoms with E-state index < -0.39 is 6.10 Å². The van der Waals surface area contributed by atoms with E-state index in [1.165, 1.54) is 0 Å². The van der Waals surface area contributed by atoms with Gasteiger partial charge in [-0.1, -0.05) is 18.5 Å². The average Bonchev–Trinajstić information content (AvgIpc) is 2.58. The second-order valence-electron chi connectivity index (χ2n) is 3.81. The molecule has 0 amide bonds. The molecule has 3 nitrogen and oxygen atoms in total. The van der Waals surface area contributed by atoms with E-state index in [0.717, 1.165) is 16.9 Å². The molecule has 0 bridgehead atoms. The molecule has 0 unspecified atom stereocenters. The summed E-state index contributed by atoms with van der Waals surface area (Å²) in [6.45, 7) is 3.69. The summed E-state index contributed by atoms with van der Waals surface area (Å²) in [6.07, 6.45) is -0.416. The van der Waals surface area contributed by atoms with Crippen LogP contribution >= 0.6 is 11.6 Å². The van der Waals surface area contributed by atoms with Gasteiger partial charge >= 0.3 is 0 Å². The number of rotatable bonds is 2. The van der Waals surface area contributed by atoms with Gasteiger partial charge in [-0.15, -0.1) is 0 Å². The van der Waals surface area contributed by atoms with Crippen LogP contribution in [-0.2, 0) is 0 Å². The molecule has 2 atom stereocenters. The first-order chi connectivity index (χ1) is 7.08. The standard InChI is InChI=1S/C11H13ClN2O/c1-6(7(2)15)11-13-9-4-3-8(12)5-10(9)14-11/h3-7,15H,1-2H3,(H,13,14)/t6-,7+/m0/s1. The molecular formula is C11H13ClN2O. The smallest absolute Gasteiger partial charge is 0.112 e. The minimum absolute atomic E-state index is 0.00354. The second kappa shape index (κ2) is 3.83. The highest BCUT2D eigenvalue weighted by Crippen LogP contribution is 2.22. The van der Waals surface area contributed by atoms with Gasteiger partial charge in [-0.05, 0) is 25.1 Å². The third kappa shape index (κ3) is 1.98. The summed E-state index contributed by atoms with van der Waals surface area (Å²) in [4.78, 5) is 7.56. The molecule has 0 aliphatic heterocycles. The predicted molar refractivity (Wildman–Crippen MR) is 61.2 cm³/mol. The van der Waals surface area contributed by atoms with Crippen LogP contribution in [0, 0.1) is 0 Å². The summed E-state index contributed by atoms with van der Waals surface area (Å²) < 4.78 is 0. The van der Waals surface area contributed by atoms with Gasteiger partial charge in [0.2, 0.25) is 0 Å². The number of hydrogen-bond acceptors (Lipinski definition) is 2. The Kier molecular flexibility index (Phi) is 2.67. The topological polar surface area (TPSA) is 48.9 Å². The summed E-state index contributed by atoms with van der Waals surface area (Å²) in [6, 6.07) is 5.51. The van der Waals surface area contributed by atoms with Crippen molar-refractivity contribution < 1.29 is 5.11 Å². The molecule has 4 heteroatoms. The molecule has 1 heterocycles. The third-order valence-electron chi connectivity index (χ3n) is 2.62. The van der Waals surface area contributed by atoms with Crippen molar-refractivity contribution >= 4 is 22.6 Å². The average molecular weight is 225 g/mol. The summed E-state index contributed by atoms with van der Waals surface area (Å²) in [5.41, 5.74) is 1.78. The van der Waals surface area contributed by atoms with Gasteiger partial charge < -0.3 is 10.1 Å². The van der Waals surface area contributed by atoms with Crippen molar-refractivity contribution in [2.45, 2.75) is 25.9 Å². The van der Waals surface area contributed by atoms with E-state index in [0.29, 0.717) is 5.02 Å². The zero-order chi connectivity index (χ0) is 11.0. The first-order valence-electron chi connectivity index (χ1n) is 4.91. The minimum Gasteiger partial charge on any atom is -0.393 e. The first-order valence-corrected chi connectivity index (χ1v) is 5.29. The molecule has 0 aliphatic rings. The first kappa shape index (κ1) is 10.5. The van der Waals surface area contributed by atoms with Gasteiger partial charge in [0.1, 0.15) is 5.82 Å². The lowest BCUT2D eigenvalue weighted by molar-refractivity contribution is 0.166. The lowest BCUT2D eigenvalue weighted by Gasteiger charge is -2.10. The summed E-state index contributed by atoms with van der Waals surface area (Å²) in [7, 11) is 0. The quantitative estimate of drug-likeness (QED) is 0.824. The Morgan fingerprint density at radius 2 is 2.13 bits per heavy atom. The lowest BCUT2D eigenvalue weighted by Crippen LogP contribution is -2.12. The fourth-order valence-corrected chi connectivity index (χ4v) is 1.62. The van der Waals surface area contributed by atoms with Crippen LogP contribution in [0.15, 0.2) is 18.2 Å². The van der Waals surface area contributed by atoms with Crippen LogP contribution in [0.25, 0.3) is 11.0 Å². The molecule has 15 heavy (non-hydrogen) atoms. The van der Waals surface area contributed by atoms with Crippen LogP contribution in [0.1, 0.15) is 25.6 Å². The van der Waals surface area contributed by atoms with E-state index in [1.54, 1.807) is 6.92 Å². The molecule has 1 aromatic heterocycles. The number of H-pyrrole nitrogens is 1. The molecule has 1 aromatic carbocycles. The summed E-state index contributed by atoms with van der Waals surface area (Å²) in [5, 5.41) is 10.2. The zero-order valence-electron chi connectivity index (χ0n) is 8.66. The number of imidazole rings is 1. The second-order valence-corrected chi connectivity index (χ2v) is 4.25. The van der Waals surface area contributed by atoms with Crippen molar-refractivity contribution in [2.24, 2.45) is 0 Å². The highest BCUT2D eigenvalue weighted by molar-refractivity contribution is 6.31. The molecule has 80 valence electrons. The Hall–Kier alpha value is -1.06. The molecule has 0 aliphatic carbocycles. The molecule has 0 radical (unpaired) electrons. The van der Waals surface area contributed by atoms with Crippen molar-refractivity contribution in [1.82, 2.24) is 9.97 Å². The van der Waals surface area contributed by atoms with Gasteiger partial charge in [0.25, 0.3) is 0 Å². The number of aliphatic hydroxyl groups is 1. The molecular weight excluding hydrogens is 212 g/mol. The number of aromatic amines is 1. The van der Waals surface area contributed by atoms with Crippen molar-refractivity contribution in [3.8, 4) is 0 Å². The number of fused-ring (bicyclic) bond motifs is 1. The monoisotopic (exact) mass is 224 g/mol. The van der Waals surface area contributed by atoms with Gasteiger partial charge in [-0.25, -0.2) is 4.98 Å². The fraction of sp³-hybridized carbons (Fsp3) is 0.364. The Balaban J connectivity index is 2.47. The van der Waals surface area contributed by atoms with Crippen LogP contribution < -0.4 is 0 Å². The van der Waals surface area contributed by atoms with Gasteiger partial charge in [-0.3, -0.25) is 0 Å². The molecule has 2 N–H and O–H groups in total. The Bertz CT molecular complexity index is 478. The maximum Gasteiger partial charge on any atom is 0.112 e. The van der Waals surface area contributed by atoms with Crippen LogP contribution in [0.2, 0.25) is 5.02 Å². The van der Waals surface area contributed by atoms with Crippen LogP contribution in [0.4, 0.5) is 0 Å². The van der Waals surface area contributed by atoms with Crippen molar-refractivity contribution in [3.63, 3.8) is 0 Å². The van der Waals surface area contributed by atoms with Crippen molar-refractivity contribution in [1.29, 1.82) is 0 Å². The number of halogens is 1. The number of aliphatic hydroxyl groups excluding tert-OH is 1. The molecule has 0 saturated carbocycles. The number of benzene rings is 1. The van der Waals surface area contributed by atoms with E-state index in [2.05, 4.69) is 9.97 Å². The van der Waals surface area contributed by atoms with E-state index in [9.17, 15) is 5.11 Å². The maximum absolute atomic E-state index is 9.47. The largest absolute Gasteiger partial charge is 0.393 e. The molecule has 0 saturated heterocycles. The Morgan fingerprint density at radius 1 is 1.40 bits per heavy atom. The number of nitrogens with zero attached hydrogens (tertiary/aromatic N) is 1. The predicted octanol–water partition coefficient (Wildman–Crippen LogP) is 2.70. The summed E-state index contributed by atoms with van der Waals surface area (Å²) in [5.74, 6) is 0.790. The highest BCUT2D eigenvalue weighted by Gasteiger charge is 2.15. The molecule has 2 aromatic rings. The third-order valence-corrected chi connectivity index (χ3v) is 2.85. The van der Waals surface area contributed by atoms with Gasteiger partial charge in [0.05, 0.1) is 17.1 Å². The highest BCUT2D eigenvalue weighted by atomic mass is 35.5. The van der Waals surface area contributed by atoms with Crippen molar-refractivity contribution in [3.05, 3.63) is 29.0 Å². The van der Waals surface area contributed by atoms with E-state index >= 15 is 0 Å². The normalized spacial score (nSPS) is 15.5.